The molecule has 27 heavy (non-hydrogen) atoms. The summed E-state index contributed by atoms with van der Waals surface area (Å²) in [6.07, 6.45) is 1.72. The fourth-order valence-electron chi connectivity index (χ4n) is 2.84. The van der Waals surface area contributed by atoms with Crippen molar-refractivity contribution in [3.8, 4) is 0 Å². The van der Waals surface area contributed by atoms with E-state index in [2.05, 4.69) is 6.58 Å². The summed E-state index contributed by atoms with van der Waals surface area (Å²) in [7, 11) is -3.52. The molecule has 2 rings (SSSR count). The lowest BCUT2D eigenvalue weighted by atomic mass is 10.2. The molecule has 1 amide bonds. The second-order valence-electron chi connectivity index (χ2n) is 6.58. The minimum atomic E-state index is -3.52. The van der Waals surface area contributed by atoms with Crippen LogP contribution in [0.2, 0.25) is 0 Å². The van der Waals surface area contributed by atoms with E-state index in [4.69, 9.17) is 4.74 Å². The van der Waals surface area contributed by atoms with Crippen molar-refractivity contribution >= 4 is 21.9 Å². The van der Waals surface area contributed by atoms with Crippen molar-refractivity contribution in [1.29, 1.82) is 0 Å². The van der Waals surface area contributed by atoms with Crippen LogP contribution in [0.5, 0.6) is 0 Å². The summed E-state index contributed by atoms with van der Waals surface area (Å²) in [6, 6.07) is 5.60. The van der Waals surface area contributed by atoms with E-state index in [0.717, 1.165) is 18.4 Å². The second kappa shape index (κ2) is 9.14. The molecular formula is C19H26N2O5S. The third kappa shape index (κ3) is 5.40. The Kier molecular flexibility index (Phi) is 7.15. The number of likely N-dealkylation sites (N-methyl/N-ethyl adjacent to an activating group) is 1. The summed E-state index contributed by atoms with van der Waals surface area (Å²) in [5, 5.41) is 0. The van der Waals surface area contributed by atoms with Gasteiger partial charge in [-0.25, -0.2) is 13.2 Å². The molecule has 0 bridgehead atoms. The highest BCUT2D eigenvalue weighted by molar-refractivity contribution is 7.89. The quantitative estimate of drug-likeness (QED) is 0.498. The molecule has 0 atom stereocenters. The third-order valence-electron chi connectivity index (χ3n) is 4.31. The van der Waals surface area contributed by atoms with E-state index in [1.807, 2.05) is 13.8 Å². The Morgan fingerprint density at radius 1 is 1.19 bits per heavy atom. The molecule has 1 aliphatic rings. The average molecular weight is 394 g/mol. The number of amides is 1. The van der Waals surface area contributed by atoms with Crippen LogP contribution in [0.15, 0.2) is 41.3 Å². The lowest BCUT2D eigenvalue weighted by Gasteiger charge is -2.20. The molecule has 1 aliphatic heterocycles. The van der Waals surface area contributed by atoms with Gasteiger partial charge < -0.3 is 9.64 Å². The summed E-state index contributed by atoms with van der Waals surface area (Å²) >= 11 is 0. The molecular weight excluding hydrogens is 368 g/mol. The van der Waals surface area contributed by atoms with E-state index in [9.17, 15) is 18.0 Å². The maximum absolute atomic E-state index is 12.5. The lowest BCUT2D eigenvalue weighted by molar-refractivity contribution is -0.133. The van der Waals surface area contributed by atoms with Gasteiger partial charge in [0.1, 0.15) is 0 Å². The van der Waals surface area contributed by atoms with Gasteiger partial charge in [-0.3, -0.25) is 4.79 Å². The first-order valence-corrected chi connectivity index (χ1v) is 10.4. The number of nitrogens with zero attached hydrogens (tertiary/aromatic N) is 2. The molecule has 1 fully saturated rings. The second-order valence-corrected chi connectivity index (χ2v) is 8.51. The Bertz CT molecular complexity index is 796. The summed E-state index contributed by atoms with van der Waals surface area (Å²) in [6.45, 7) is 9.00. The molecule has 0 radical (unpaired) electrons. The van der Waals surface area contributed by atoms with Gasteiger partial charge in [0.05, 0.1) is 10.5 Å². The molecule has 0 saturated carbocycles. The van der Waals surface area contributed by atoms with Gasteiger partial charge in [-0.15, -0.1) is 0 Å². The Morgan fingerprint density at radius 3 is 2.30 bits per heavy atom. The van der Waals surface area contributed by atoms with Crippen LogP contribution in [0, 0.1) is 0 Å². The van der Waals surface area contributed by atoms with E-state index >= 15 is 0 Å². The summed E-state index contributed by atoms with van der Waals surface area (Å²) < 4.78 is 31.5. The molecule has 1 aromatic rings. The number of benzene rings is 1. The molecule has 7 nitrogen and oxygen atoms in total. The first-order valence-electron chi connectivity index (χ1n) is 8.95. The van der Waals surface area contributed by atoms with Crippen LogP contribution < -0.4 is 0 Å². The maximum Gasteiger partial charge on any atom is 0.338 e. The van der Waals surface area contributed by atoms with Gasteiger partial charge in [-0.05, 0) is 51.0 Å². The maximum atomic E-state index is 12.5. The standard InChI is InChI=1S/C19H26N2O5S/c1-4-20(13-15(2)3)18(22)14-26-19(23)16-7-9-17(10-8-16)27(24,25)21-11-5-6-12-21/h7-10H,2,4-6,11-14H2,1,3H3. The van der Waals surface area contributed by atoms with Crippen LogP contribution in [0.4, 0.5) is 0 Å². The van der Waals surface area contributed by atoms with E-state index in [0.29, 0.717) is 26.2 Å². The molecule has 0 aromatic heterocycles. The third-order valence-corrected chi connectivity index (χ3v) is 6.23. The van der Waals surface area contributed by atoms with Gasteiger partial charge in [0.15, 0.2) is 6.61 Å². The monoisotopic (exact) mass is 394 g/mol. The van der Waals surface area contributed by atoms with Gasteiger partial charge >= 0.3 is 5.97 Å². The van der Waals surface area contributed by atoms with Crippen LogP contribution in [-0.4, -0.2) is 62.3 Å². The van der Waals surface area contributed by atoms with Gasteiger partial charge in [0.25, 0.3) is 5.91 Å². The minimum Gasteiger partial charge on any atom is -0.452 e. The highest BCUT2D eigenvalue weighted by Gasteiger charge is 2.27. The first-order chi connectivity index (χ1) is 12.8. The molecule has 0 aliphatic carbocycles. The SMILES string of the molecule is C=C(C)CN(CC)C(=O)COC(=O)c1ccc(S(=O)(=O)N2CCCC2)cc1. The number of hydrogen-bond acceptors (Lipinski definition) is 5. The van der Waals surface area contributed by atoms with Gasteiger partial charge in [-0.1, -0.05) is 12.2 Å². The van der Waals surface area contributed by atoms with Crippen molar-refractivity contribution in [2.24, 2.45) is 0 Å². The van der Waals surface area contributed by atoms with E-state index < -0.39 is 16.0 Å². The van der Waals surface area contributed by atoms with Crippen molar-refractivity contribution in [2.45, 2.75) is 31.6 Å². The summed E-state index contributed by atoms with van der Waals surface area (Å²) in [4.78, 5) is 25.9. The van der Waals surface area contributed by atoms with Crippen LogP contribution in [0.25, 0.3) is 0 Å². The van der Waals surface area contributed by atoms with Crippen LogP contribution >= 0.6 is 0 Å². The number of carbonyl (C=O) groups is 2. The Morgan fingerprint density at radius 2 is 1.78 bits per heavy atom. The van der Waals surface area contributed by atoms with Gasteiger partial charge in [0.2, 0.25) is 10.0 Å². The first kappa shape index (κ1) is 21.1. The van der Waals surface area contributed by atoms with Crippen molar-refractivity contribution in [1.82, 2.24) is 9.21 Å². The highest BCUT2D eigenvalue weighted by atomic mass is 32.2. The Hall–Kier alpha value is -2.19. The number of rotatable bonds is 8. The van der Waals surface area contributed by atoms with Crippen molar-refractivity contribution in [3.63, 3.8) is 0 Å². The lowest BCUT2D eigenvalue weighted by Crippen LogP contribution is -2.35. The zero-order valence-corrected chi connectivity index (χ0v) is 16.6. The van der Waals surface area contributed by atoms with Gasteiger partial charge in [0, 0.05) is 26.2 Å². The molecule has 0 N–H and O–H groups in total. The van der Waals surface area contributed by atoms with Crippen molar-refractivity contribution in [3.05, 3.63) is 42.0 Å². The van der Waals surface area contributed by atoms with Crippen molar-refractivity contribution < 1.29 is 22.7 Å². The van der Waals surface area contributed by atoms with E-state index in [1.165, 1.54) is 28.6 Å². The number of esters is 1. The highest BCUT2D eigenvalue weighted by Crippen LogP contribution is 2.21. The molecule has 0 unspecified atom stereocenters. The molecule has 1 saturated heterocycles. The number of carbonyl (C=O) groups excluding carboxylic acids is 2. The zero-order valence-electron chi connectivity index (χ0n) is 15.8. The smallest absolute Gasteiger partial charge is 0.338 e. The van der Waals surface area contributed by atoms with Gasteiger partial charge in [-0.2, -0.15) is 4.31 Å². The Labute approximate surface area is 160 Å². The topological polar surface area (TPSA) is 84.0 Å². The molecule has 148 valence electrons. The number of ether oxygens (including phenoxy) is 1. The van der Waals surface area contributed by atoms with E-state index in [1.54, 1.807) is 4.90 Å². The fourth-order valence-corrected chi connectivity index (χ4v) is 4.36. The zero-order chi connectivity index (χ0) is 20.0. The van der Waals surface area contributed by atoms with Crippen LogP contribution in [0.1, 0.15) is 37.0 Å². The molecule has 1 heterocycles. The van der Waals surface area contributed by atoms with Crippen molar-refractivity contribution in [2.75, 3.05) is 32.8 Å². The summed E-state index contributed by atoms with van der Waals surface area (Å²) in [5.74, 6) is -0.970. The number of hydrogen-bond donors (Lipinski definition) is 0. The predicted octanol–water partition coefficient (Wildman–Crippen LogP) is 2.05. The molecule has 1 aromatic carbocycles. The van der Waals surface area contributed by atoms with Crippen LogP contribution in [0.3, 0.4) is 0 Å². The van der Waals surface area contributed by atoms with Crippen LogP contribution in [-0.2, 0) is 19.6 Å². The Balaban J connectivity index is 1.97. The predicted molar refractivity (Wildman–Crippen MR) is 102 cm³/mol. The molecule has 8 heteroatoms. The fraction of sp³-hybridized carbons (Fsp3) is 0.474. The molecule has 0 spiro atoms. The minimum absolute atomic E-state index is 0.149. The number of sulfonamides is 1. The summed E-state index contributed by atoms with van der Waals surface area (Å²) in [5.41, 5.74) is 1.04. The van der Waals surface area contributed by atoms with E-state index in [-0.39, 0.29) is 23.0 Å². The average Bonchev–Trinajstić information content (AvgIpc) is 3.19. The largest absolute Gasteiger partial charge is 0.452 e. The normalized spacial score (nSPS) is 14.7.